The minimum atomic E-state index is -2.62. The van der Waals surface area contributed by atoms with Crippen LogP contribution in [0, 0.1) is 56.3 Å². The van der Waals surface area contributed by atoms with Crippen LogP contribution in [0.15, 0.2) is 102 Å². The molecule has 7 aromatic rings. The molecule has 0 saturated heterocycles. The third-order valence-electron chi connectivity index (χ3n) is 7.58. The number of benzene rings is 4. The molecule has 0 unspecified atom stereocenters. The van der Waals surface area contributed by atoms with Crippen molar-refractivity contribution in [1.29, 1.82) is 5.26 Å². The van der Waals surface area contributed by atoms with Crippen LogP contribution in [0.25, 0.3) is 55.6 Å². The molecule has 0 atom stereocenters. The van der Waals surface area contributed by atoms with Crippen molar-refractivity contribution >= 4 is 21.9 Å². The zero-order valence-electron chi connectivity index (χ0n) is 40.0. The first-order valence-corrected chi connectivity index (χ1v) is 15.2. The number of nitrogens with zero attached hydrogens (tertiary/aromatic N) is 3. The summed E-state index contributed by atoms with van der Waals surface area (Å²) in [7, 11) is 0. The van der Waals surface area contributed by atoms with Crippen LogP contribution in [-0.4, -0.2) is 9.97 Å². The van der Waals surface area contributed by atoms with Crippen molar-refractivity contribution < 1.29 is 42.3 Å². The first kappa shape index (κ1) is 22.0. The third kappa shape index (κ3) is 8.06. The van der Waals surface area contributed by atoms with Crippen molar-refractivity contribution in [3.63, 3.8) is 0 Å². The predicted molar refractivity (Wildman–Crippen MR) is 197 cm³/mol. The van der Waals surface area contributed by atoms with Gasteiger partial charge in [0.05, 0.1) is 18.6 Å². The molecule has 0 saturated carbocycles. The van der Waals surface area contributed by atoms with E-state index in [1.165, 1.54) is 36.7 Å². The molecule has 4 nitrogen and oxygen atoms in total. The Morgan fingerprint density at radius 3 is 2.33 bits per heavy atom. The van der Waals surface area contributed by atoms with E-state index >= 15 is 0 Å². The number of pyridine rings is 2. The number of fused-ring (bicyclic) bond motifs is 3. The monoisotopic (exact) mass is 831 g/mol. The Balaban J connectivity index is 0.000000291. The van der Waals surface area contributed by atoms with E-state index in [1.54, 1.807) is 48.5 Å². The molecule has 0 fully saturated rings. The Kier molecular flexibility index (Phi) is 6.59. The molecule has 1 radical (unpaired) electrons. The van der Waals surface area contributed by atoms with Gasteiger partial charge >= 0.3 is 0 Å². The van der Waals surface area contributed by atoms with Gasteiger partial charge in [0.1, 0.15) is 5.58 Å². The van der Waals surface area contributed by atoms with Crippen molar-refractivity contribution in [3.05, 3.63) is 143 Å². The number of nitriles is 1. The number of aromatic nitrogens is 2. The summed E-state index contributed by atoms with van der Waals surface area (Å²) in [4.78, 5) is 8.51. The van der Waals surface area contributed by atoms with Crippen LogP contribution in [0.5, 0.6) is 0 Å². The predicted octanol–water partition coefficient (Wildman–Crippen LogP) is 11.4. The first-order valence-electron chi connectivity index (χ1n) is 21.7. The SMILES string of the molecule is [2H]C([2H])([2H])c1c[c-]c(-c2ccc(C([2H])([2H])[2H])cn2)cc1.[2H]c1cc(CC(C)(C)C)cc(C([2H])([2H])[2H])c1-c1cc(-c2[c-]ccc3c2oc2cc(C#N)ccc23)ncc1C([2H])([2H])[2H].[Ir]. The van der Waals surface area contributed by atoms with Gasteiger partial charge in [-0.2, -0.15) is 5.26 Å². The molecule has 0 amide bonds. The fourth-order valence-electron chi connectivity index (χ4n) is 5.42. The molecule has 0 N–H and O–H groups in total. The number of hydrogen-bond donors (Lipinski definition) is 0. The molecule has 3 heterocycles. The second-order valence-corrected chi connectivity index (χ2v) is 12.6. The van der Waals surface area contributed by atoms with Crippen molar-refractivity contribution in [3.8, 4) is 39.7 Å². The van der Waals surface area contributed by atoms with Crippen molar-refractivity contribution in [2.24, 2.45) is 5.41 Å². The molecule has 0 spiro atoms. The van der Waals surface area contributed by atoms with E-state index < -0.39 is 27.4 Å². The number of furan rings is 1. The normalized spacial score (nSPS) is 16.0. The van der Waals surface area contributed by atoms with Gasteiger partial charge in [-0.3, -0.25) is 0 Å². The summed E-state index contributed by atoms with van der Waals surface area (Å²) in [6, 6.07) is 28.9. The van der Waals surface area contributed by atoms with Gasteiger partial charge in [-0.05, 0) is 89.3 Å². The fraction of sp³-hybridized carbons (Fsp3) is 0.205. The fourth-order valence-corrected chi connectivity index (χ4v) is 5.42. The van der Waals surface area contributed by atoms with Gasteiger partial charge in [0.15, 0.2) is 0 Å². The topological polar surface area (TPSA) is 62.7 Å². The smallest absolute Gasteiger partial charge is 0.122 e. The second kappa shape index (κ2) is 14.7. The molecule has 3 aromatic heterocycles. The Bertz CT molecular complexity index is 2720. The van der Waals surface area contributed by atoms with Crippen LogP contribution in [0.2, 0.25) is 0 Å². The summed E-state index contributed by atoms with van der Waals surface area (Å²) < 4.78 is 108. The quantitative estimate of drug-likeness (QED) is 0.166. The van der Waals surface area contributed by atoms with Gasteiger partial charge in [-0.15, -0.1) is 53.6 Å². The summed E-state index contributed by atoms with van der Waals surface area (Å²) in [5.41, 5.74) is 4.14. The van der Waals surface area contributed by atoms with Crippen LogP contribution in [0.3, 0.4) is 0 Å². The van der Waals surface area contributed by atoms with Crippen LogP contribution in [0.4, 0.5) is 0 Å². The Labute approximate surface area is 321 Å². The van der Waals surface area contributed by atoms with E-state index in [4.69, 9.17) is 22.2 Å². The van der Waals surface area contributed by atoms with Crippen LogP contribution >= 0.6 is 0 Å². The molecule has 247 valence electrons. The van der Waals surface area contributed by atoms with Crippen LogP contribution in [0.1, 0.15) is 72.0 Å². The zero-order valence-corrected chi connectivity index (χ0v) is 29.3. The van der Waals surface area contributed by atoms with Crippen molar-refractivity contribution in [2.45, 2.75) is 54.6 Å². The molecular weight excluding hydrogens is 779 g/mol. The van der Waals surface area contributed by atoms with Gasteiger partial charge in [0, 0.05) is 54.3 Å². The molecule has 0 aliphatic heterocycles. The number of aryl methyl sites for hydroxylation is 4. The second-order valence-electron chi connectivity index (χ2n) is 12.6. The summed E-state index contributed by atoms with van der Waals surface area (Å²) in [6.45, 7) is -3.48. The van der Waals surface area contributed by atoms with E-state index in [1.807, 2.05) is 26.8 Å². The summed E-state index contributed by atoms with van der Waals surface area (Å²) in [5, 5.41) is 10.9. The van der Waals surface area contributed by atoms with E-state index in [-0.39, 0.29) is 64.9 Å². The third-order valence-corrected chi connectivity index (χ3v) is 7.58. The maximum Gasteiger partial charge on any atom is 0.122 e. The largest absolute Gasteiger partial charge is 0.501 e. The van der Waals surface area contributed by atoms with E-state index in [9.17, 15) is 5.26 Å². The molecule has 0 aliphatic carbocycles. The van der Waals surface area contributed by atoms with Gasteiger partial charge in [-0.25, -0.2) is 0 Å². The minimum absolute atomic E-state index is 0. The summed E-state index contributed by atoms with van der Waals surface area (Å²) in [5.74, 6) is 0. The summed E-state index contributed by atoms with van der Waals surface area (Å²) >= 11 is 0. The molecule has 7 rings (SSSR count). The van der Waals surface area contributed by atoms with Crippen LogP contribution < -0.4 is 0 Å². The average Bonchev–Trinajstić information content (AvgIpc) is 3.54. The molecular formula is C44H39IrN3O-2. The maximum absolute atomic E-state index is 9.30. The standard InChI is InChI=1S/C31H27N2O.C13H12N.Ir/c1-19-13-21(16-31(3,4)5)9-11-23(19)27-15-28(33-18-20(27)2)26-8-6-7-25-24-12-10-22(17-32)14-29(24)34-30(25)26;1-10-3-6-12(7-4-10)13-8-5-11(2)9-14-13;/h6-7,9-15,18H,16H2,1-5H3;3-6,8-9H,1-2H3;/q2*-1;/i1D3,2D3,11D;1D3,2D3;. The molecule has 0 bridgehead atoms. The number of rotatable bonds is 4. The van der Waals surface area contributed by atoms with Gasteiger partial charge < -0.3 is 14.4 Å². The average molecular weight is 831 g/mol. The van der Waals surface area contributed by atoms with Gasteiger partial charge in [-0.1, -0.05) is 81.0 Å². The zero-order chi connectivity index (χ0) is 44.9. The number of hydrogen-bond acceptors (Lipinski definition) is 4. The van der Waals surface area contributed by atoms with E-state index in [2.05, 4.69) is 28.2 Å². The van der Waals surface area contributed by atoms with Crippen molar-refractivity contribution in [1.82, 2.24) is 9.97 Å². The molecule has 5 heteroatoms. The molecule has 49 heavy (non-hydrogen) atoms. The minimum Gasteiger partial charge on any atom is -0.501 e. The van der Waals surface area contributed by atoms with E-state index in [0.717, 1.165) is 10.8 Å². The van der Waals surface area contributed by atoms with Crippen molar-refractivity contribution in [2.75, 3.05) is 0 Å². The Morgan fingerprint density at radius 2 is 1.63 bits per heavy atom. The maximum atomic E-state index is 9.30. The molecule has 4 aromatic carbocycles. The Hall–Kier alpha value is -4.88. The van der Waals surface area contributed by atoms with Crippen LogP contribution in [-0.2, 0) is 26.5 Å². The van der Waals surface area contributed by atoms with Gasteiger partial charge in [0.25, 0.3) is 0 Å². The van der Waals surface area contributed by atoms with E-state index in [0.29, 0.717) is 51.2 Å². The summed E-state index contributed by atoms with van der Waals surface area (Å²) in [6.07, 6.45) is 3.06. The molecule has 0 aliphatic rings. The van der Waals surface area contributed by atoms with Gasteiger partial charge in [0.2, 0.25) is 0 Å². The first-order chi connectivity index (χ1) is 28.2. The Morgan fingerprint density at radius 1 is 0.816 bits per heavy atom.